The van der Waals surface area contributed by atoms with Gasteiger partial charge in [0.05, 0.1) is 34.9 Å². The molecule has 1 N–H and O–H groups in total. The van der Waals surface area contributed by atoms with Crippen molar-refractivity contribution < 1.29 is 17.6 Å². The van der Waals surface area contributed by atoms with Gasteiger partial charge in [-0.2, -0.15) is 10.2 Å². The second kappa shape index (κ2) is 9.73. The first-order valence-corrected chi connectivity index (χ1v) is 14.8. The van der Waals surface area contributed by atoms with Crippen molar-refractivity contribution in [2.45, 2.75) is 19.9 Å². The number of aromatic nitrogens is 7. The van der Waals surface area contributed by atoms with Crippen LogP contribution in [-0.2, 0) is 14.6 Å². The van der Waals surface area contributed by atoms with E-state index >= 15 is 0 Å². The van der Waals surface area contributed by atoms with Crippen LogP contribution in [0.15, 0.2) is 61.5 Å². The molecule has 5 aromatic rings. The van der Waals surface area contributed by atoms with E-state index in [9.17, 15) is 17.6 Å². The molecule has 0 radical (unpaired) electrons. The molecule has 0 spiro atoms. The Balaban J connectivity index is 1.45. The zero-order chi connectivity index (χ0) is 29.1. The molecule has 0 aliphatic carbocycles. The van der Waals surface area contributed by atoms with Gasteiger partial charge in [-0.3, -0.25) is 9.78 Å². The van der Waals surface area contributed by atoms with Crippen molar-refractivity contribution >= 4 is 49.1 Å². The minimum absolute atomic E-state index is 0.0498. The molecule has 6 heterocycles. The fourth-order valence-corrected chi connectivity index (χ4v) is 6.31. The van der Waals surface area contributed by atoms with Gasteiger partial charge < -0.3 is 10.2 Å². The van der Waals surface area contributed by atoms with Crippen LogP contribution in [0.4, 0.5) is 15.9 Å². The zero-order valence-electron chi connectivity index (χ0n) is 22.5. The SMILES string of the molecule is C=C(F)C(=O)Nc1cc(N2C[C@H](CS(C)(=O)=O)[C@H]2C)cc(-n2ncc3c(C)nc(-n4ncc5cnccc54)cc32)n1. The predicted molar refractivity (Wildman–Crippen MR) is 153 cm³/mol. The van der Waals surface area contributed by atoms with Crippen LogP contribution in [-0.4, -0.2) is 73.4 Å². The summed E-state index contributed by atoms with van der Waals surface area (Å²) in [5.41, 5.74) is 2.92. The minimum Gasteiger partial charge on any atom is -0.368 e. The predicted octanol–water partition coefficient (Wildman–Crippen LogP) is 3.15. The summed E-state index contributed by atoms with van der Waals surface area (Å²) in [7, 11) is -3.14. The lowest BCUT2D eigenvalue weighted by Gasteiger charge is -2.48. The number of carbonyl (C=O) groups excluding carboxylic acids is 1. The second-order valence-electron chi connectivity index (χ2n) is 10.2. The maximum atomic E-state index is 13.6. The van der Waals surface area contributed by atoms with Gasteiger partial charge in [-0.05, 0) is 19.9 Å². The van der Waals surface area contributed by atoms with Crippen LogP contribution < -0.4 is 10.2 Å². The normalized spacial score (nSPS) is 17.1. The summed E-state index contributed by atoms with van der Waals surface area (Å²) < 4.78 is 40.6. The van der Waals surface area contributed by atoms with Gasteiger partial charge in [0.1, 0.15) is 15.7 Å². The van der Waals surface area contributed by atoms with Crippen molar-refractivity contribution in [3.63, 3.8) is 0 Å². The highest BCUT2D eigenvalue weighted by Crippen LogP contribution is 2.35. The van der Waals surface area contributed by atoms with Crippen molar-refractivity contribution in [2.75, 3.05) is 28.8 Å². The zero-order valence-corrected chi connectivity index (χ0v) is 23.3. The number of anilines is 2. The molecule has 0 unspecified atom stereocenters. The van der Waals surface area contributed by atoms with Crippen LogP contribution in [0.2, 0.25) is 0 Å². The highest BCUT2D eigenvalue weighted by atomic mass is 32.2. The van der Waals surface area contributed by atoms with Crippen LogP contribution in [0.5, 0.6) is 0 Å². The third kappa shape index (κ3) is 4.90. The molecule has 6 rings (SSSR count). The number of halogens is 1. The van der Waals surface area contributed by atoms with Gasteiger partial charge in [-0.25, -0.2) is 32.1 Å². The number of pyridine rings is 3. The number of rotatable bonds is 7. The molecule has 1 fully saturated rings. The number of fused-ring (bicyclic) bond motifs is 2. The van der Waals surface area contributed by atoms with E-state index in [0.29, 0.717) is 29.4 Å². The smallest absolute Gasteiger partial charge is 0.284 e. The quantitative estimate of drug-likeness (QED) is 0.290. The highest BCUT2D eigenvalue weighted by Gasteiger charge is 2.38. The van der Waals surface area contributed by atoms with E-state index in [1.807, 2.05) is 30.9 Å². The van der Waals surface area contributed by atoms with Gasteiger partial charge in [0.15, 0.2) is 17.5 Å². The van der Waals surface area contributed by atoms with Crippen LogP contribution in [0.3, 0.4) is 0 Å². The molecule has 1 aliphatic heterocycles. The molecular weight excluding hydrogens is 549 g/mol. The van der Waals surface area contributed by atoms with Crippen molar-refractivity contribution in [1.82, 2.24) is 34.5 Å². The lowest BCUT2D eigenvalue weighted by atomic mass is 9.91. The second-order valence-corrected chi connectivity index (χ2v) is 12.4. The molecule has 2 atom stereocenters. The average Bonchev–Trinajstić information content (AvgIpc) is 3.54. The first-order valence-electron chi connectivity index (χ1n) is 12.7. The number of hydrogen-bond donors (Lipinski definition) is 1. The van der Waals surface area contributed by atoms with E-state index in [4.69, 9.17) is 4.98 Å². The number of aryl methyl sites for hydroxylation is 1. The van der Waals surface area contributed by atoms with Gasteiger partial charge in [0.2, 0.25) is 0 Å². The summed E-state index contributed by atoms with van der Waals surface area (Å²) in [6, 6.07) is 7.02. The van der Waals surface area contributed by atoms with Crippen molar-refractivity contribution in [2.24, 2.45) is 5.92 Å². The Kier molecular flexibility index (Phi) is 6.29. The summed E-state index contributed by atoms with van der Waals surface area (Å²) >= 11 is 0. The molecule has 12 nitrogen and oxygen atoms in total. The average molecular weight is 576 g/mol. The summed E-state index contributed by atoms with van der Waals surface area (Å²) in [6.45, 7) is 7.37. The maximum Gasteiger partial charge on any atom is 0.284 e. The van der Waals surface area contributed by atoms with E-state index in [-0.39, 0.29) is 23.5 Å². The van der Waals surface area contributed by atoms with Crippen LogP contribution in [0.1, 0.15) is 12.6 Å². The fraction of sp³-hybridized carbons (Fsp3) is 0.259. The lowest BCUT2D eigenvalue weighted by molar-refractivity contribution is -0.114. The van der Waals surface area contributed by atoms with E-state index in [0.717, 1.165) is 22.0 Å². The van der Waals surface area contributed by atoms with E-state index in [1.54, 1.807) is 46.3 Å². The molecular formula is C27H26FN9O3S. The lowest BCUT2D eigenvalue weighted by Crippen LogP contribution is -2.57. The Labute approximate surface area is 234 Å². The molecule has 14 heteroatoms. The van der Waals surface area contributed by atoms with Crippen molar-refractivity contribution in [3.05, 3.63) is 67.2 Å². The van der Waals surface area contributed by atoms with Crippen molar-refractivity contribution in [3.8, 4) is 11.6 Å². The highest BCUT2D eigenvalue weighted by molar-refractivity contribution is 7.90. The molecule has 0 bridgehead atoms. The number of nitrogens with one attached hydrogen (secondary N) is 1. The molecule has 210 valence electrons. The first kappa shape index (κ1) is 26.5. The first-order chi connectivity index (χ1) is 19.5. The number of carbonyl (C=O) groups is 1. The van der Waals surface area contributed by atoms with Gasteiger partial charge >= 0.3 is 0 Å². The topological polar surface area (TPSA) is 141 Å². The number of sulfone groups is 1. The van der Waals surface area contributed by atoms with Gasteiger partial charge in [0.25, 0.3) is 5.91 Å². The largest absolute Gasteiger partial charge is 0.368 e. The molecule has 41 heavy (non-hydrogen) atoms. The maximum absolute atomic E-state index is 13.6. The molecule has 1 saturated heterocycles. The third-order valence-corrected chi connectivity index (χ3v) is 8.32. The van der Waals surface area contributed by atoms with Gasteiger partial charge in [0, 0.05) is 71.8 Å². The molecule has 1 amide bonds. The summed E-state index contributed by atoms with van der Waals surface area (Å²) in [6.07, 6.45) is 8.02. The Morgan fingerprint density at radius 1 is 1.10 bits per heavy atom. The van der Waals surface area contributed by atoms with E-state index in [2.05, 4.69) is 32.1 Å². The molecule has 5 aromatic heterocycles. The minimum atomic E-state index is -3.14. The van der Waals surface area contributed by atoms with E-state index in [1.165, 1.54) is 6.26 Å². The Morgan fingerprint density at radius 3 is 2.56 bits per heavy atom. The fourth-order valence-electron chi connectivity index (χ4n) is 5.14. The molecule has 0 saturated carbocycles. The number of amides is 1. The monoisotopic (exact) mass is 575 g/mol. The summed E-state index contributed by atoms with van der Waals surface area (Å²) in [5, 5.41) is 13.1. The Hall–Kier alpha value is -4.72. The van der Waals surface area contributed by atoms with Crippen LogP contribution in [0, 0.1) is 12.8 Å². The third-order valence-electron chi connectivity index (χ3n) is 7.28. The van der Waals surface area contributed by atoms with Crippen LogP contribution >= 0.6 is 0 Å². The van der Waals surface area contributed by atoms with Gasteiger partial charge in [-0.15, -0.1) is 0 Å². The van der Waals surface area contributed by atoms with E-state index < -0.39 is 21.6 Å². The molecule has 0 aromatic carbocycles. The number of nitrogens with zero attached hydrogens (tertiary/aromatic N) is 8. The standard InChI is InChI=1S/C27H26FN9O3S/c1-15(28)27(38)34-24-7-20(35-13-19(17(35)3)14-41(4,39)40)8-25(33-24)37-23-9-26(32-16(2)21(23)12-31-37)36-22-5-6-29-10-18(22)11-30-36/h5-12,17,19H,1,13-14H2,2-4H3,(H,33,34,38)/t17-,19-/m1/s1. The summed E-state index contributed by atoms with van der Waals surface area (Å²) in [4.78, 5) is 27.6. The molecule has 1 aliphatic rings. The van der Waals surface area contributed by atoms with Crippen molar-refractivity contribution in [1.29, 1.82) is 0 Å². The van der Waals surface area contributed by atoms with Gasteiger partial charge in [-0.1, -0.05) is 6.58 Å². The summed E-state index contributed by atoms with van der Waals surface area (Å²) in [5.74, 6) is -1.11. The number of hydrogen-bond acceptors (Lipinski definition) is 9. The Bertz CT molecular complexity index is 1970. The Morgan fingerprint density at radius 2 is 1.83 bits per heavy atom. The van der Waals surface area contributed by atoms with Crippen LogP contribution in [0.25, 0.3) is 33.4 Å².